The molecule has 1 atom stereocenters. The molecule has 0 aliphatic carbocycles. The maximum Gasteiger partial charge on any atom is 0.307 e. The summed E-state index contributed by atoms with van der Waals surface area (Å²) in [6, 6.07) is 11.8. The molecular formula is C16H17NO2. The third-order valence-corrected chi connectivity index (χ3v) is 3.17. The van der Waals surface area contributed by atoms with E-state index < -0.39 is 5.97 Å². The molecular weight excluding hydrogens is 238 g/mol. The van der Waals surface area contributed by atoms with Crippen molar-refractivity contribution >= 4 is 5.97 Å². The van der Waals surface area contributed by atoms with Crippen LogP contribution in [0.15, 0.2) is 48.8 Å². The number of aliphatic carboxylic acids is 1. The fraction of sp³-hybridized carbons (Fsp3) is 0.250. The van der Waals surface area contributed by atoms with Crippen LogP contribution in [0.2, 0.25) is 0 Å². The van der Waals surface area contributed by atoms with E-state index in [1.54, 1.807) is 6.20 Å². The van der Waals surface area contributed by atoms with Crippen molar-refractivity contribution < 1.29 is 9.90 Å². The van der Waals surface area contributed by atoms with Crippen molar-refractivity contribution in [2.45, 2.75) is 25.7 Å². The Morgan fingerprint density at radius 3 is 2.47 bits per heavy atom. The van der Waals surface area contributed by atoms with Crippen molar-refractivity contribution in [1.82, 2.24) is 4.98 Å². The molecule has 0 spiro atoms. The normalized spacial score (nSPS) is 12.1. The first-order valence-electron chi connectivity index (χ1n) is 6.34. The molecule has 0 amide bonds. The summed E-state index contributed by atoms with van der Waals surface area (Å²) in [5, 5.41) is 8.72. The van der Waals surface area contributed by atoms with E-state index in [2.05, 4.69) is 18.0 Å². The first kappa shape index (κ1) is 13.3. The van der Waals surface area contributed by atoms with Crippen molar-refractivity contribution in [3.63, 3.8) is 0 Å². The van der Waals surface area contributed by atoms with Gasteiger partial charge in [-0.15, -0.1) is 0 Å². The Morgan fingerprint density at radius 2 is 1.89 bits per heavy atom. The Morgan fingerprint density at radius 1 is 1.21 bits per heavy atom. The first-order chi connectivity index (χ1) is 9.15. The lowest BCUT2D eigenvalue weighted by atomic mass is 9.94. The molecule has 98 valence electrons. The predicted molar refractivity (Wildman–Crippen MR) is 74.1 cm³/mol. The quantitative estimate of drug-likeness (QED) is 0.893. The van der Waals surface area contributed by atoms with E-state index in [0.29, 0.717) is 5.92 Å². The first-order valence-corrected chi connectivity index (χ1v) is 6.34. The molecule has 1 unspecified atom stereocenters. The minimum atomic E-state index is -0.795. The summed E-state index contributed by atoms with van der Waals surface area (Å²) in [5.74, 6) is -0.393. The van der Waals surface area contributed by atoms with Gasteiger partial charge in [-0.1, -0.05) is 37.3 Å². The molecule has 0 saturated heterocycles. The van der Waals surface area contributed by atoms with Crippen LogP contribution < -0.4 is 0 Å². The van der Waals surface area contributed by atoms with Crippen LogP contribution in [-0.2, 0) is 17.6 Å². The Hall–Kier alpha value is -2.16. The standard InChI is InChI=1S/C16H17NO2/c1-12(15-3-2-8-17-11-15)9-13-4-6-14(7-5-13)10-16(18)19/h2-8,11-12H,9-10H2,1H3,(H,18,19). The topological polar surface area (TPSA) is 50.2 Å². The third kappa shape index (κ3) is 3.91. The molecule has 0 aliphatic rings. The minimum Gasteiger partial charge on any atom is -0.481 e. The van der Waals surface area contributed by atoms with Crippen LogP contribution >= 0.6 is 0 Å². The second-order valence-corrected chi connectivity index (χ2v) is 4.78. The number of carboxylic acids is 1. The van der Waals surface area contributed by atoms with E-state index in [9.17, 15) is 4.79 Å². The van der Waals surface area contributed by atoms with Crippen LogP contribution in [0.4, 0.5) is 0 Å². The van der Waals surface area contributed by atoms with Gasteiger partial charge in [-0.05, 0) is 35.1 Å². The molecule has 19 heavy (non-hydrogen) atoms. The van der Waals surface area contributed by atoms with Gasteiger partial charge in [0.2, 0.25) is 0 Å². The van der Waals surface area contributed by atoms with Gasteiger partial charge >= 0.3 is 5.97 Å². The average molecular weight is 255 g/mol. The number of nitrogens with zero attached hydrogens (tertiary/aromatic N) is 1. The molecule has 0 aliphatic heterocycles. The van der Waals surface area contributed by atoms with Crippen molar-refractivity contribution in [3.05, 3.63) is 65.5 Å². The van der Waals surface area contributed by atoms with E-state index in [1.165, 1.54) is 11.1 Å². The van der Waals surface area contributed by atoms with E-state index in [-0.39, 0.29) is 6.42 Å². The highest BCUT2D eigenvalue weighted by Crippen LogP contribution is 2.19. The van der Waals surface area contributed by atoms with Gasteiger partial charge in [0, 0.05) is 12.4 Å². The van der Waals surface area contributed by atoms with Crippen LogP contribution in [0.25, 0.3) is 0 Å². The summed E-state index contributed by atoms with van der Waals surface area (Å²) in [5.41, 5.74) is 3.27. The van der Waals surface area contributed by atoms with Gasteiger partial charge in [0.05, 0.1) is 6.42 Å². The summed E-state index contributed by atoms with van der Waals surface area (Å²) >= 11 is 0. The Kier molecular flexibility index (Phi) is 4.29. The Labute approximate surface area is 112 Å². The fourth-order valence-electron chi connectivity index (χ4n) is 2.11. The number of rotatable bonds is 5. The van der Waals surface area contributed by atoms with Gasteiger partial charge in [-0.3, -0.25) is 9.78 Å². The van der Waals surface area contributed by atoms with Gasteiger partial charge < -0.3 is 5.11 Å². The zero-order valence-electron chi connectivity index (χ0n) is 10.9. The van der Waals surface area contributed by atoms with Crippen molar-refractivity contribution in [1.29, 1.82) is 0 Å². The number of pyridine rings is 1. The van der Waals surface area contributed by atoms with Crippen molar-refractivity contribution in [2.24, 2.45) is 0 Å². The van der Waals surface area contributed by atoms with E-state index >= 15 is 0 Å². The highest BCUT2D eigenvalue weighted by atomic mass is 16.4. The van der Waals surface area contributed by atoms with E-state index in [4.69, 9.17) is 5.11 Å². The van der Waals surface area contributed by atoms with Gasteiger partial charge in [0.15, 0.2) is 0 Å². The maximum atomic E-state index is 10.6. The van der Waals surface area contributed by atoms with E-state index in [0.717, 1.165) is 12.0 Å². The second kappa shape index (κ2) is 6.14. The summed E-state index contributed by atoms with van der Waals surface area (Å²) in [6.45, 7) is 2.17. The lowest BCUT2D eigenvalue weighted by Gasteiger charge is -2.11. The highest BCUT2D eigenvalue weighted by Gasteiger charge is 2.07. The Bertz CT molecular complexity index is 534. The average Bonchev–Trinajstić information content (AvgIpc) is 2.41. The number of carboxylic acid groups (broad SMARTS) is 1. The maximum absolute atomic E-state index is 10.6. The molecule has 3 nitrogen and oxygen atoms in total. The highest BCUT2D eigenvalue weighted by molar-refractivity contribution is 5.70. The lowest BCUT2D eigenvalue weighted by Crippen LogP contribution is -2.01. The van der Waals surface area contributed by atoms with Gasteiger partial charge in [0.25, 0.3) is 0 Å². The van der Waals surface area contributed by atoms with Crippen molar-refractivity contribution in [2.75, 3.05) is 0 Å². The molecule has 1 N–H and O–H groups in total. The molecule has 1 aromatic carbocycles. The zero-order chi connectivity index (χ0) is 13.7. The predicted octanol–water partition coefficient (Wildman–Crippen LogP) is 3.05. The molecule has 2 aromatic rings. The summed E-state index contributed by atoms with van der Waals surface area (Å²) in [4.78, 5) is 14.7. The van der Waals surface area contributed by atoms with Gasteiger partial charge in [0.1, 0.15) is 0 Å². The third-order valence-electron chi connectivity index (χ3n) is 3.17. The Balaban J connectivity index is 2.01. The summed E-state index contributed by atoms with van der Waals surface area (Å²) in [6.07, 6.45) is 4.68. The van der Waals surface area contributed by atoms with Crippen LogP contribution in [0.3, 0.4) is 0 Å². The number of hydrogen-bond acceptors (Lipinski definition) is 2. The van der Waals surface area contributed by atoms with Gasteiger partial charge in [-0.2, -0.15) is 0 Å². The molecule has 3 heteroatoms. The van der Waals surface area contributed by atoms with Crippen LogP contribution in [-0.4, -0.2) is 16.1 Å². The molecule has 1 heterocycles. The number of benzene rings is 1. The molecule has 0 saturated carbocycles. The minimum absolute atomic E-state index is 0.0818. The molecule has 2 rings (SSSR count). The second-order valence-electron chi connectivity index (χ2n) is 4.78. The van der Waals surface area contributed by atoms with E-state index in [1.807, 2.05) is 36.5 Å². The fourth-order valence-corrected chi connectivity index (χ4v) is 2.11. The molecule has 0 radical (unpaired) electrons. The van der Waals surface area contributed by atoms with Crippen molar-refractivity contribution in [3.8, 4) is 0 Å². The molecule has 1 aromatic heterocycles. The number of carbonyl (C=O) groups is 1. The molecule has 0 bridgehead atoms. The van der Waals surface area contributed by atoms with Crippen LogP contribution in [0.1, 0.15) is 29.5 Å². The largest absolute Gasteiger partial charge is 0.481 e. The number of hydrogen-bond donors (Lipinski definition) is 1. The summed E-state index contributed by atoms with van der Waals surface area (Å²) in [7, 11) is 0. The smallest absolute Gasteiger partial charge is 0.307 e. The van der Waals surface area contributed by atoms with Crippen LogP contribution in [0, 0.1) is 0 Å². The monoisotopic (exact) mass is 255 g/mol. The zero-order valence-corrected chi connectivity index (χ0v) is 10.9. The van der Waals surface area contributed by atoms with Gasteiger partial charge in [-0.25, -0.2) is 0 Å². The summed E-state index contributed by atoms with van der Waals surface area (Å²) < 4.78 is 0. The van der Waals surface area contributed by atoms with Crippen LogP contribution in [0.5, 0.6) is 0 Å². The SMILES string of the molecule is CC(Cc1ccc(CC(=O)O)cc1)c1cccnc1. The lowest BCUT2D eigenvalue weighted by molar-refractivity contribution is -0.136. The molecule has 0 fully saturated rings. The number of aromatic nitrogens is 1.